The highest BCUT2D eigenvalue weighted by Crippen LogP contribution is 2.32. The van der Waals surface area contributed by atoms with Gasteiger partial charge in [-0.15, -0.1) is 22.7 Å². The molecule has 1 aliphatic heterocycles. The summed E-state index contributed by atoms with van der Waals surface area (Å²) in [7, 11) is 0. The maximum atomic E-state index is 11.1. The standard InChI is InChI=1S/C8H8O4S.C8H6O3S/c1-3-5(7(9)10)6(8(11)12)4(2)13-3;1-3-5-6(4(2)12-3)8(10)11-7(5)9/h1-2H3,(H,9,10)(H,11,12);1-2H3. The zero-order chi connectivity index (χ0) is 19.0. The molecule has 0 amide bonds. The SMILES string of the molecule is Cc1sc(C)c(C(=O)O)c1C(=O)O.Cc1sc(C)c2c1C(=O)OC2=O. The van der Waals surface area contributed by atoms with Crippen LogP contribution in [0.2, 0.25) is 0 Å². The predicted octanol–water partition coefficient (Wildman–Crippen LogP) is 3.44. The number of ether oxygens (including phenoxy) is 1. The fourth-order valence-corrected chi connectivity index (χ4v) is 4.64. The van der Waals surface area contributed by atoms with Crippen molar-refractivity contribution in [1.82, 2.24) is 0 Å². The number of carbonyl (C=O) groups excluding carboxylic acids is 2. The second-order valence-corrected chi connectivity index (χ2v) is 8.07. The Morgan fingerprint density at radius 3 is 1.36 bits per heavy atom. The number of aryl methyl sites for hydroxylation is 4. The number of hydrogen-bond donors (Lipinski definition) is 2. The lowest BCUT2D eigenvalue weighted by Gasteiger charge is -1.95. The Balaban J connectivity index is 0.000000181. The Morgan fingerprint density at radius 1 is 0.720 bits per heavy atom. The van der Waals surface area contributed by atoms with E-state index in [1.54, 1.807) is 13.8 Å². The van der Waals surface area contributed by atoms with Crippen LogP contribution in [0.25, 0.3) is 0 Å². The molecule has 25 heavy (non-hydrogen) atoms. The minimum absolute atomic E-state index is 0.0880. The third kappa shape index (κ3) is 3.33. The van der Waals surface area contributed by atoms with Gasteiger partial charge in [-0.25, -0.2) is 19.2 Å². The minimum Gasteiger partial charge on any atom is -0.478 e. The van der Waals surface area contributed by atoms with Crippen LogP contribution in [-0.4, -0.2) is 34.1 Å². The van der Waals surface area contributed by atoms with Crippen molar-refractivity contribution < 1.29 is 34.1 Å². The van der Waals surface area contributed by atoms with Gasteiger partial charge in [-0.2, -0.15) is 0 Å². The summed E-state index contributed by atoms with van der Waals surface area (Å²) in [5, 5.41) is 17.5. The zero-order valence-electron chi connectivity index (χ0n) is 13.8. The van der Waals surface area contributed by atoms with E-state index >= 15 is 0 Å². The van der Waals surface area contributed by atoms with Crippen molar-refractivity contribution in [3.05, 3.63) is 41.8 Å². The van der Waals surface area contributed by atoms with Crippen molar-refractivity contribution in [2.24, 2.45) is 0 Å². The van der Waals surface area contributed by atoms with E-state index in [2.05, 4.69) is 4.74 Å². The lowest BCUT2D eigenvalue weighted by Crippen LogP contribution is -2.07. The second kappa shape index (κ2) is 6.77. The monoisotopic (exact) mass is 382 g/mol. The largest absolute Gasteiger partial charge is 0.478 e. The molecule has 0 spiro atoms. The predicted molar refractivity (Wildman–Crippen MR) is 91.3 cm³/mol. The quantitative estimate of drug-likeness (QED) is 0.603. The number of cyclic esters (lactones) is 2. The number of carbonyl (C=O) groups is 4. The average Bonchev–Trinajstić information content (AvgIpc) is 3.05. The van der Waals surface area contributed by atoms with Crippen molar-refractivity contribution in [3.63, 3.8) is 0 Å². The molecule has 3 rings (SSSR count). The van der Waals surface area contributed by atoms with Crippen molar-refractivity contribution in [2.75, 3.05) is 0 Å². The van der Waals surface area contributed by atoms with Gasteiger partial charge in [-0.05, 0) is 27.7 Å². The van der Waals surface area contributed by atoms with Crippen LogP contribution < -0.4 is 0 Å². The van der Waals surface area contributed by atoms with Gasteiger partial charge in [-0.3, -0.25) is 0 Å². The zero-order valence-corrected chi connectivity index (χ0v) is 15.4. The van der Waals surface area contributed by atoms with E-state index in [9.17, 15) is 19.2 Å². The summed E-state index contributed by atoms with van der Waals surface area (Å²) < 4.78 is 4.46. The molecule has 2 N–H and O–H groups in total. The highest BCUT2D eigenvalue weighted by molar-refractivity contribution is 7.13. The smallest absolute Gasteiger partial charge is 0.348 e. The molecule has 0 saturated heterocycles. The lowest BCUT2D eigenvalue weighted by atomic mass is 10.1. The Morgan fingerprint density at radius 2 is 1.04 bits per heavy atom. The van der Waals surface area contributed by atoms with Crippen molar-refractivity contribution in [3.8, 4) is 0 Å². The molecule has 0 atom stereocenters. The third-order valence-corrected chi connectivity index (χ3v) is 5.58. The molecule has 0 saturated carbocycles. The van der Waals surface area contributed by atoms with Crippen molar-refractivity contribution >= 4 is 46.6 Å². The van der Waals surface area contributed by atoms with Gasteiger partial charge in [0, 0.05) is 19.5 Å². The molecule has 0 aromatic carbocycles. The number of thiophene rings is 2. The first-order chi connectivity index (χ1) is 11.6. The normalized spacial score (nSPS) is 12.3. The molecule has 7 nitrogen and oxygen atoms in total. The van der Waals surface area contributed by atoms with Gasteiger partial charge >= 0.3 is 23.9 Å². The molecule has 132 valence electrons. The summed E-state index contributed by atoms with van der Waals surface area (Å²) >= 11 is 2.65. The number of aromatic carboxylic acids is 2. The summed E-state index contributed by atoms with van der Waals surface area (Å²) in [6.45, 7) is 6.84. The molecule has 9 heteroatoms. The molecule has 0 aliphatic carbocycles. The number of carboxylic acids is 2. The highest BCUT2D eigenvalue weighted by Gasteiger charge is 2.34. The molecule has 3 heterocycles. The molecular formula is C16H14O7S2. The topological polar surface area (TPSA) is 118 Å². The molecule has 0 radical (unpaired) electrons. The molecule has 0 bridgehead atoms. The third-order valence-electron chi connectivity index (χ3n) is 3.54. The Bertz CT molecular complexity index is 849. The summed E-state index contributed by atoms with van der Waals surface area (Å²) in [4.78, 5) is 46.3. The second-order valence-electron chi connectivity index (χ2n) is 5.22. The van der Waals surface area contributed by atoms with Gasteiger partial charge in [0.2, 0.25) is 0 Å². The van der Waals surface area contributed by atoms with Crippen LogP contribution in [0.5, 0.6) is 0 Å². The van der Waals surface area contributed by atoms with Gasteiger partial charge in [-0.1, -0.05) is 0 Å². The number of fused-ring (bicyclic) bond motifs is 1. The van der Waals surface area contributed by atoms with Gasteiger partial charge in [0.1, 0.15) is 0 Å². The maximum Gasteiger partial charge on any atom is 0.348 e. The van der Waals surface area contributed by atoms with E-state index in [0.29, 0.717) is 20.9 Å². The van der Waals surface area contributed by atoms with E-state index in [4.69, 9.17) is 10.2 Å². The van der Waals surface area contributed by atoms with Crippen molar-refractivity contribution in [1.29, 1.82) is 0 Å². The van der Waals surface area contributed by atoms with Crippen LogP contribution in [0, 0.1) is 27.7 Å². The number of esters is 2. The summed E-state index contributed by atoms with van der Waals surface area (Å²) in [5.41, 5.74) is 0.745. The summed E-state index contributed by atoms with van der Waals surface area (Å²) in [6.07, 6.45) is 0. The van der Waals surface area contributed by atoms with Gasteiger partial charge in [0.15, 0.2) is 0 Å². The van der Waals surface area contributed by atoms with Crippen LogP contribution in [0.3, 0.4) is 0 Å². The highest BCUT2D eigenvalue weighted by atomic mass is 32.1. The Labute approximate surface area is 150 Å². The first-order valence-electron chi connectivity index (χ1n) is 6.99. The van der Waals surface area contributed by atoms with Crippen LogP contribution >= 0.6 is 22.7 Å². The fraction of sp³-hybridized carbons (Fsp3) is 0.250. The van der Waals surface area contributed by atoms with E-state index in [-0.39, 0.29) is 11.1 Å². The number of rotatable bonds is 2. The summed E-state index contributed by atoms with van der Waals surface area (Å²) in [5.74, 6) is -3.37. The molecule has 2 aromatic heterocycles. The number of hydrogen-bond acceptors (Lipinski definition) is 7. The molecule has 0 fully saturated rings. The van der Waals surface area contributed by atoms with E-state index in [1.165, 1.54) is 22.7 Å². The van der Waals surface area contributed by atoms with Crippen LogP contribution in [-0.2, 0) is 4.74 Å². The van der Waals surface area contributed by atoms with E-state index in [0.717, 1.165) is 9.75 Å². The lowest BCUT2D eigenvalue weighted by molar-refractivity contribution is 0.0442. The van der Waals surface area contributed by atoms with E-state index < -0.39 is 23.9 Å². The van der Waals surface area contributed by atoms with Gasteiger partial charge in [0.05, 0.1) is 22.3 Å². The first-order valence-corrected chi connectivity index (χ1v) is 8.62. The van der Waals surface area contributed by atoms with Crippen LogP contribution in [0.4, 0.5) is 0 Å². The molecular weight excluding hydrogens is 368 g/mol. The summed E-state index contributed by atoms with van der Waals surface area (Å²) in [6, 6.07) is 0. The van der Waals surface area contributed by atoms with Gasteiger partial charge in [0.25, 0.3) is 0 Å². The van der Waals surface area contributed by atoms with Crippen LogP contribution in [0.1, 0.15) is 60.9 Å². The van der Waals surface area contributed by atoms with Gasteiger partial charge < -0.3 is 14.9 Å². The fourth-order valence-electron chi connectivity index (χ4n) is 2.56. The van der Waals surface area contributed by atoms with E-state index in [1.807, 2.05) is 13.8 Å². The maximum absolute atomic E-state index is 11.1. The molecule has 0 unspecified atom stereocenters. The van der Waals surface area contributed by atoms with Crippen molar-refractivity contribution in [2.45, 2.75) is 27.7 Å². The van der Waals surface area contributed by atoms with Crippen LogP contribution in [0.15, 0.2) is 0 Å². The Hall–Kier alpha value is -2.52. The average molecular weight is 382 g/mol. The number of carboxylic acid groups (broad SMARTS) is 2. The molecule has 1 aliphatic rings. The molecule has 2 aromatic rings. The minimum atomic E-state index is -1.18. The Kier molecular flexibility index (Phi) is 5.09. The first kappa shape index (κ1) is 18.8.